The number of aromatic nitrogens is 2. The number of rotatable bonds is 7. The van der Waals surface area contributed by atoms with Gasteiger partial charge in [-0.2, -0.15) is 5.10 Å². The Hall–Kier alpha value is -2.25. The average Bonchev–Trinajstić information content (AvgIpc) is 3.25. The first-order valence-electron chi connectivity index (χ1n) is 8.03. The van der Waals surface area contributed by atoms with Gasteiger partial charge in [0.2, 0.25) is 0 Å². The standard InChI is InChI=1S/C18H17BrClN3O3/c1-2-23-15(13(19)9-22-23)10-21-18(24)17-8-7-12(26-17)11-25-16-6-4-3-5-14(16)20/h3-9H,2,10-11H2,1H3,(H,21,24). The lowest BCUT2D eigenvalue weighted by molar-refractivity contribution is 0.0918. The molecule has 136 valence electrons. The molecule has 0 atom stereocenters. The largest absolute Gasteiger partial charge is 0.484 e. The summed E-state index contributed by atoms with van der Waals surface area (Å²) < 4.78 is 13.8. The molecular weight excluding hydrogens is 422 g/mol. The number of furan rings is 1. The fourth-order valence-electron chi connectivity index (χ4n) is 2.38. The molecule has 0 saturated carbocycles. The highest BCUT2D eigenvalue weighted by molar-refractivity contribution is 9.10. The van der Waals surface area contributed by atoms with Crippen LogP contribution in [0.3, 0.4) is 0 Å². The van der Waals surface area contributed by atoms with E-state index in [0.717, 1.165) is 16.7 Å². The zero-order valence-electron chi connectivity index (χ0n) is 14.0. The molecule has 2 aromatic heterocycles. The molecule has 3 rings (SSSR count). The van der Waals surface area contributed by atoms with Crippen molar-refractivity contribution in [2.45, 2.75) is 26.6 Å². The predicted molar refractivity (Wildman–Crippen MR) is 101 cm³/mol. The second-order valence-electron chi connectivity index (χ2n) is 5.42. The Balaban J connectivity index is 1.58. The van der Waals surface area contributed by atoms with Crippen molar-refractivity contribution in [1.29, 1.82) is 0 Å². The summed E-state index contributed by atoms with van der Waals surface area (Å²) in [6.45, 7) is 3.24. The topological polar surface area (TPSA) is 69.3 Å². The van der Waals surface area contributed by atoms with Crippen LogP contribution >= 0.6 is 27.5 Å². The molecule has 0 fully saturated rings. The lowest BCUT2D eigenvalue weighted by Crippen LogP contribution is -2.24. The molecule has 1 amide bonds. The van der Waals surface area contributed by atoms with Crippen LogP contribution in [0.1, 0.15) is 28.9 Å². The van der Waals surface area contributed by atoms with E-state index in [-0.39, 0.29) is 18.3 Å². The number of benzene rings is 1. The van der Waals surface area contributed by atoms with Crippen molar-refractivity contribution >= 4 is 33.4 Å². The summed E-state index contributed by atoms with van der Waals surface area (Å²) in [4.78, 5) is 12.3. The van der Waals surface area contributed by atoms with Crippen LogP contribution in [-0.2, 0) is 19.7 Å². The van der Waals surface area contributed by atoms with Gasteiger partial charge in [-0.15, -0.1) is 0 Å². The Bertz CT molecular complexity index is 907. The van der Waals surface area contributed by atoms with E-state index < -0.39 is 0 Å². The number of amides is 1. The number of carbonyl (C=O) groups excluding carboxylic acids is 1. The second kappa shape index (κ2) is 8.42. The van der Waals surface area contributed by atoms with Crippen molar-refractivity contribution in [2.75, 3.05) is 0 Å². The first kappa shape index (κ1) is 18.5. The SMILES string of the molecule is CCn1ncc(Br)c1CNC(=O)c1ccc(COc2ccccc2Cl)o1. The fraction of sp³-hybridized carbons (Fsp3) is 0.222. The van der Waals surface area contributed by atoms with E-state index in [4.69, 9.17) is 20.8 Å². The van der Waals surface area contributed by atoms with Gasteiger partial charge in [-0.25, -0.2) is 0 Å². The highest BCUT2D eigenvalue weighted by Gasteiger charge is 2.14. The maximum Gasteiger partial charge on any atom is 0.287 e. The first-order chi connectivity index (χ1) is 12.6. The number of halogens is 2. The summed E-state index contributed by atoms with van der Waals surface area (Å²) >= 11 is 9.47. The Morgan fingerprint density at radius 3 is 2.92 bits per heavy atom. The number of nitrogens with one attached hydrogen (secondary N) is 1. The third-order valence-electron chi connectivity index (χ3n) is 3.71. The van der Waals surface area contributed by atoms with Gasteiger partial charge in [0, 0.05) is 6.54 Å². The molecular formula is C18H17BrClN3O3. The van der Waals surface area contributed by atoms with Crippen LogP contribution in [0.4, 0.5) is 0 Å². The molecule has 0 aliphatic heterocycles. The van der Waals surface area contributed by atoms with Gasteiger partial charge in [0.1, 0.15) is 18.1 Å². The Kier molecular flexibility index (Phi) is 6.00. The zero-order valence-corrected chi connectivity index (χ0v) is 16.4. The van der Waals surface area contributed by atoms with Crippen molar-refractivity contribution in [1.82, 2.24) is 15.1 Å². The number of aryl methyl sites for hydroxylation is 1. The predicted octanol–water partition coefficient (Wildman–Crippen LogP) is 4.42. The molecule has 0 saturated heterocycles. The van der Waals surface area contributed by atoms with E-state index in [0.29, 0.717) is 23.1 Å². The van der Waals surface area contributed by atoms with Crippen LogP contribution in [0.25, 0.3) is 0 Å². The lowest BCUT2D eigenvalue weighted by atomic mass is 10.3. The molecule has 0 bridgehead atoms. The molecule has 26 heavy (non-hydrogen) atoms. The third-order valence-corrected chi connectivity index (χ3v) is 4.68. The minimum atomic E-state index is -0.301. The van der Waals surface area contributed by atoms with Gasteiger partial charge in [-0.3, -0.25) is 9.48 Å². The minimum absolute atomic E-state index is 0.186. The quantitative estimate of drug-likeness (QED) is 0.593. The fourth-order valence-corrected chi connectivity index (χ4v) is 3.00. The number of hydrogen-bond donors (Lipinski definition) is 1. The summed E-state index contributed by atoms with van der Waals surface area (Å²) in [7, 11) is 0. The highest BCUT2D eigenvalue weighted by atomic mass is 79.9. The second-order valence-corrected chi connectivity index (χ2v) is 6.68. The summed E-state index contributed by atoms with van der Waals surface area (Å²) in [5.74, 6) is 1.02. The van der Waals surface area contributed by atoms with Gasteiger partial charge in [0.25, 0.3) is 5.91 Å². The van der Waals surface area contributed by atoms with Gasteiger partial charge < -0.3 is 14.5 Å². The number of ether oxygens (including phenoxy) is 1. The average molecular weight is 439 g/mol. The smallest absolute Gasteiger partial charge is 0.287 e. The Labute approximate surface area is 164 Å². The molecule has 0 radical (unpaired) electrons. The lowest BCUT2D eigenvalue weighted by Gasteiger charge is -2.07. The summed E-state index contributed by atoms with van der Waals surface area (Å²) in [6.07, 6.45) is 1.71. The Morgan fingerprint density at radius 1 is 1.35 bits per heavy atom. The summed E-state index contributed by atoms with van der Waals surface area (Å²) in [5, 5.41) is 7.57. The Morgan fingerprint density at radius 2 is 2.15 bits per heavy atom. The first-order valence-corrected chi connectivity index (χ1v) is 9.20. The monoisotopic (exact) mass is 437 g/mol. The van der Waals surface area contributed by atoms with E-state index in [2.05, 4.69) is 26.3 Å². The number of carbonyl (C=O) groups is 1. The highest BCUT2D eigenvalue weighted by Crippen LogP contribution is 2.24. The van der Waals surface area contributed by atoms with Crippen molar-refractivity contribution < 1.29 is 13.9 Å². The molecule has 2 heterocycles. The van der Waals surface area contributed by atoms with Crippen LogP contribution in [-0.4, -0.2) is 15.7 Å². The molecule has 0 unspecified atom stereocenters. The number of hydrogen-bond acceptors (Lipinski definition) is 4. The van der Waals surface area contributed by atoms with Crippen molar-refractivity contribution in [3.05, 3.63) is 69.3 Å². The molecule has 6 nitrogen and oxygen atoms in total. The molecule has 8 heteroatoms. The van der Waals surface area contributed by atoms with E-state index in [1.165, 1.54) is 0 Å². The van der Waals surface area contributed by atoms with Gasteiger partial charge in [-0.1, -0.05) is 23.7 Å². The number of para-hydroxylation sites is 1. The van der Waals surface area contributed by atoms with Crippen molar-refractivity contribution in [3.63, 3.8) is 0 Å². The van der Waals surface area contributed by atoms with Crippen molar-refractivity contribution in [3.8, 4) is 5.75 Å². The van der Waals surface area contributed by atoms with Crippen LogP contribution in [0.2, 0.25) is 5.02 Å². The van der Waals surface area contributed by atoms with Crippen molar-refractivity contribution in [2.24, 2.45) is 0 Å². The van der Waals surface area contributed by atoms with E-state index in [1.54, 1.807) is 30.5 Å². The van der Waals surface area contributed by atoms with Crippen LogP contribution < -0.4 is 10.1 Å². The van der Waals surface area contributed by atoms with Gasteiger partial charge in [0.05, 0.1) is 27.9 Å². The van der Waals surface area contributed by atoms with Gasteiger partial charge >= 0.3 is 0 Å². The van der Waals surface area contributed by atoms with Crippen LogP contribution in [0.15, 0.2) is 51.5 Å². The number of nitrogens with zero attached hydrogens (tertiary/aromatic N) is 2. The maximum atomic E-state index is 12.3. The van der Waals surface area contributed by atoms with E-state index >= 15 is 0 Å². The maximum absolute atomic E-state index is 12.3. The molecule has 0 aliphatic rings. The summed E-state index contributed by atoms with van der Waals surface area (Å²) in [5.41, 5.74) is 0.898. The van der Waals surface area contributed by atoms with Crippen LogP contribution in [0, 0.1) is 0 Å². The van der Waals surface area contributed by atoms with Gasteiger partial charge in [-0.05, 0) is 47.1 Å². The molecule has 1 aromatic carbocycles. The molecule has 1 N–H and O–H groups in total. The van der Waals surface area contributed by atoms with Gasteiger partial charge in [0.15, 0.2) is 5.76 Å². The minimum Gasteiger partial charge on any atom is -0.484 e. The zero-order chi connectivity index (χ0) is 18.5. The van der Waals surface area contributed by atoms with Crippen LogP contribution in [0.5, 0.6) is 5.75 Å². The third kappa shape index (κ3) is 4.28. The molecule has 0 aliphatic carbocycles. The molecule has 3 aromatic rings. The van der Waals surface area contributed by atoms with E-state index in [9.17, 15) is 4.79 Å². The molecule has 0 spiro atoms. The summed E-state index contributed by atoms with van der Waals surface area (Å²) in [6, 6.07) is 10.5. The normalized spacial score (nSPS) is 10.7. The van der Waals surface area contributed by atoms with E-state index in [1.807, 2.05) is 23.7 Å².